The first-order chi connectivity index (χ1) is 12.2. The predicted octanol–water partition coefficient (Wildman–Crippen LogP) is 4.24. The fourth-order valence-corrected chi connectivity index (χ4v) is 3.44. The Morgan fingerprint density at radius 1 is 1.31 bits per heavy atom. The largest absolute Gasteiger partial charge is 0.467 e. The van der Waals surface area contributed by atoms with Gasteiger partial charge in [-0.3, -0.25) is 0 Å². The number of furan rings is 1. The van der Waals surface area contributed by atoms with Crippen LogP contribution in [0.4, 0.5) is 5.69 Å². The summed E-state index contributed by atoms with van der Waals surface area (Å²) in [7, 11) is 0. The van der Waals surface area contributed by atoms with E-state index in [0.717, 1.165) is 42.4 Å². The highest BCUT2D eigenvalue weighted by atomic mass is 127. The minimum atomic E-state index is 0. The number of halogens is 2. The fourth-order valence-electron chi connectivity index (χ4n) is 3.05. The summed E-state index contributed by atoms with van der Waals surface area (Å²) in [6.45, 7) is 6.57. The Labute approximate surface area is 180 Å². The van der Waals surface area contributed by atoms with Gasteiger partial charge in [0.1, 0.15) is 12.3 Å². The number of nitrogens with zero attached hydrogens (tertiary/aromatic N) is 2. The number of nitrogens with one attached hydrogen (secondary N) is 2. The molecule has 1 atom stereocenters. The molecular weight excluding hydrogens is 507 g/mol. The Balaban J connectivity index is 0.00000243. The van der Waals surface area contributed by atoms with Gasteiger partial charge in [0, 0.05) is 36.3 Å². The van der Waals surface area contributed by atoms with Crippen LogP contribution in [0.5, 0.6) is 0 Å². The van der Waals surface area contributed by atoms with E-state index in [2.05, 4.69) is 67.6 Å². The van der Waals surface area contributed by atoms with E-state index in [-0.39, 0.29) is 24.0 Å². The third-order valence-corrected chi connectivity index (χ3v) is 4.83. The first kappa shape index (κ1) is 21.1. The molecule has 1 fully saturated rings. The van der Waals surface area contributed by atoms with Crippen molar-refractivity contribution in [3.63, 3.8) is 0 Å². The van der Waals surface area contributed by atoms with Crippen molar-refractivity contribution < 1.29 is 4.42 Å². The SMILES string of the molecule is CCNC(=NCc1ccco1)NCC1CCN(c2cccc(Br)c2)C1.I. The maximum absolute atomic E-state index is 5.34. The number of hydrogen-bond acceptors (Lipinski definition) is 3. The van der Waals surface area contributed by atoms with Gasteiger partial charge in [-0.1, -0.05) is 22.0 Å². The first-order valence-electron chi connectivity index (χ1n) is 8.79. The summed E-state index contributed by atoms with van der Waals surface area (Å²) in [6.07, 6.45) is 2.87. The van der Waals surface area contributed by atoms with E-state index in [0.29, 0.717) is 12.5 Å². The molecule has 142 valence electrons. The van der Waals surface area contributed by atoms with E-state index in [4.69, 9.17) is 4.42 Å². The average molecular weight is 533 g/mol. The van der Waals surface area contributed by atoms with Crippen LogP contribution in [0.1, 0.15) is 19.1 Å². The number of benzene rings is 1. The molecular formula is C19H26BrIN4O. The lowest BCUT2D eigenvalue weighted by Crippen LogP contribution is -2.40. The molecule has 2 N–H and O–H groups in total. The second-order valence-corrected chi connectivity index (χ2v) is 7.15. The molecule has 0 aliphatic carbocycles. The zero-order valence-electron chi connectivity index (χ0n) is 15.0. The smallest absolute Gasteiger partial charge is 0.191 e. The normalized spacial score (nSPS) is 17.1. The van der Waals surface area contributed by atoms with Crippen molar-refractivity contribution in [1.29, 1.82) is 0 Å². The first-order valence-corrected chi connectivity index (χ1v) is 9.59. The Morgan fingerprint density at radius 3 is 2.92 bits per heavy atom. The van der Waals surface area contributed by atoms with Gasteiger partial charge in [0.2, 0.25) is 0 Å². The summed E-state index contributed by atoms with van der Waals surface area (Å²) in [4.78, 5) is 7.03. The molecule has 3 rings (SSSR count). The minimum absolute atomic E-state index is 0. The topological polar surface area (TPSA) is 52.8 Å². The number of rotatable bonds is 6. The molecule has 5 nitrogen and oxygen atoms in total. The molecule has 1 aromatic heterocycles. The third kappa shape index (κ3) is 6.19. The van der Waals surface area contributed by atoms with Gasteiger partial charge >= 0.3 is 0 Å². The molecule has 0 saturated carbocycles. The van der Waals surface area contributed by atoms with Gasteiger partial charge in [-0.15, -0.1) is 24.0 Å². The number of hydrogen-bond donors (Lipinski definition) is 2. The zero-order valence-corrected chi connectivity index (χ0v) is 18.9. The molecule has 1 unspecified atom stereocenters. The van der Waals surface area contributed by atoms with Crippen molar-refractivity contribution in [2.24, 2.45) is 10.9 Å². The van der Waals surface area contributed by atoms with Gasteiger partial charge in [0.25, 0.3) is 0 Å². The number of aliphatic imine (C=N–C) groups is 1. The van der Waals surface area contributed by atoms with Crippen LogP contribution in [0.25, 0.3) is 0 Å². The summed E-state index contributed by atoms with van der Waals surface area (Å²) >= 11 is 3.55. The van der Waals surface area contributed by atoms with Gasteiger partial charge in [-0.25, -0.2) is 4.99 Å². The maximum Gasteiger partial charge on any atom is 0.191 e. The summed E-state index contributed by atoms with van der Waals surface area (Å²) in [6, 6.07) is 12.4. The molecule has 1 aliphatic heterocycles. The van der Waals surface area contributed by atoms with Crippen LogP contribution in [0.3, 0.4) is 0 Å². The molecule has 1 aliphatic rings. The van der Waals surface area contributed by atoms with E-state index in [1.54, 1.807) is 6.26 Å². The fraction of sp³-hybridized carbons (Fsp3) is 0.421. The highest BCUT2D eigenvalue weighted by molar-refractivity contribution is 14.0. The maximum atomic E-state index is 5.34. The van der Waals surface area contributed by atoms with Gasteiger partial charge in [0.05, 0.1) is 6.26 Å². The predicted molar refractivity (Wildman–Crippen MR) is 121 cm³/mol. The van der Waals surface area contributed by atoms with Crippen LogP contribution in [0, 0.1) is 5.92 Å². The van der Waals surface area contributed by atoms with Crippen molar-refractivity contribution in [1.82, 2.24) is 10.6 Å². The van der Waals surface area contributed by atoms with Gasteiger partial charge in [-0.05, 0) is 49.6 Å². The van der Waals surface area contributed by atoms with E-state index < -0.39 is 0 Å². The number of guanidine groups is 1. The van der Waals surface area contributed by atoms with E-state index in [9.17, 15) is 0 Å². The Hall–Kier alpha value is -1.22. The van der Waals surface area contributed by atoms with Crippen molar-refractivity contribution in [2.45, 2.75) is 19.9 Å². The van der Waals surface area contributed by atoms with Crippen LogP contribution in [-0.2, 0) is 6.54 Å². The van der Waals surface area contributed by atoms with Crippen LogP contribution < -0.4 is 15.5 Å². The average Bonchev–Trinajstić information content (AvgIpc) is 3.29. The zero-order chi connectivity index (χ0) is 17.5. The summed E-state index contributed by atoms with van der Waals surface area (Å²) in [5.74, 6) is 2.34. The molecule has 0 amide bonds. The highest BCUT2D eigenvalue weighted by Crippen LogP contribution is 2.25. The molecule has 0 radical (unpaired) electrons. The molecule has 0 bridgehead atoms. The minimum Gasteiger partial charge on any atom is -0.467 e. The van der Waals surface area contributed by atoms with E-state index in [1.807, 2.05) is 12.1 Å². The third-order valence-electron chi connectivity index (χ3n) is 4.33. The standard InChI is InChI=1S/C19H25BrN4O.HI/c1-2-21-19(23-13-18-7-4-10-25-18)22-12-15-8-9-24(14-15)17-6-3-5-16(20)11-17;/h3-7,10-11,15H,2,8-9,12-14H2,1H3,(H2,21,22,23);1H. The Kier molecular flexibility index (Phi) is 8.77. The lowest BCUT2D eigenvalue weighted by atomic mass is 10.1. The summed E-state index contributed by atoms with van der Waals surface area (Å²) < 4.78 is 6.47. The quantitative estimate of drug-likeness (QED) is 0.332. The Morgan fingerprint density at radius 2 is 2.19 bits per heavy atom. The van der Waals surface area contributed by atoms with Gasteiger partial charge in [0.15, 0.2) is 5.96 Å². The van der Waals surface area contributed by atoms with Crippen LogP contribution in [0.2, 0.25) is 0 Å². The summed E-state index contributed by atoms with van der Waals surface area (Å²) in [5.41, 5.74) is 1.29. The van der Waals surface area contributed by atoms with Crippen LogP contribution in [0.15, 0.2) is 56.5 Å². The lowest BCUT2D eigenvalue weighted by Gasteiger charge is -2.19. The molecule has 1 saturated heterocycles. The second-order valence-electron chi connectivity index (χ2n) is 6.24. The van der Waals surface area contributed by atoms with Gasteiger partial charge in [-0.2, -0.15) is 0 Å². The molecule has 1 aromatic carbocycles. The Bertz CT molecular complexity index is 693. The van der Waals surface area contributed by atoms with Crippen LogP contribution in [-0.4, -0.2) is 32.1 Å². The monoisotopic (exact) mass is 532 g/mol. The lowest BCUT2D eigenvalue weighted by molar-refractivity contribution is 0.511. The molecule has 26 heavy (non-hydrogen) atoms. The van der Waals surface area contributed by atoms with Crippen molar-refractivity contribution in [3.05, 3.63) is 52.9 Å². The molecule has 7 heteroatoms. The van der Waals surface area contributed by atoms with E-state index >= 15 is 0 Å². The molecule has 2 heterocycles. The van der Waals surface area contributed by atoms with Crippen molar-refractivity contribution in [2.75, 3.05) is 31.1 Å². The van der Waals surface area contributed by atoms with Gasteiger partial charge < -0.3 is 20.0 Å². The summed E-state index contributed by atoms with van der Waals surface area (Å²) in [5, 5.41) is 6.77. The number of anilines is 1. The molecule has 2 aromatic rings. The molecule has 0 spiro atoms. The highest BCUT2D eigenvalue weighted by Gasteiger charge is 2.22. The van der Waals surface area contributed by atoms with E-state index in [1.165, 1.54) is 12.1 Å². The van der Waals surface area contributed by atoms with Crippen LogP contribution >= 0.6 is 39.9 Å². The van der Waals surface area contributed by atoms with Crippen molar-refractivity contribution in [3.8, 4) is 0 Å². The van der Waals surface area contributed by atoms with Crippen molar-refractivity contribution >= 4 is 51.6 Å². The second kappa shape index (κ2) is 10.8.